The molecule has 0 radical (unpaired) electrons. The van der Waals surface area contributed by atoms with E-state index < -0.39 is 0 Å². The summed E-state index contributed by atoms with van der Waals surface area (Å²) in [6, 6.07) is 0.591. The van der Waals surface area contributed by atoms with E-state index >= 15 is 0 Å². The Bertz CT molecular complexity index is 337. The molecule has 3 saturated heterocycles. The molecule has 3 fully saturated rings. The van der Waals surface area contributed by atoms with Gasteiger partial charge in [-0.3, -0.25) is 9.69 Å². The van der Waals surface area contributed by atoms with Gasteiger partial charge in [-0.25, -0.2) is 0 Å². The lowest BCUT2D eigenvalue weighted by atomic mass is 10.2. The Morgan fingerprint density at radius 2 is 1.95 bits per heavy atom. The van der Waals surface area contributed by atoms with E-state index in [1.807, 2.05) is 0 Å². The van der Waals surface area contributed by atoms with Crippen LogP contribution in [0.1, 0.15) is 19.3 Å². The number of amides is 1. The van der Waals surface area contributed by atoms with Crippen molar-refractivity contribution in [2.75, 3.05) is 52.9 Å². The lowest BCUT2D eigenvalue weighted by Crippen LogP contribution is -2.51. The second kappa shape index (κ2) is 5.77. The highest BCUT2D eigenvalue weighted by Gasteiger charge is 2.34. The van der Waals surface area contributed by atoms with E-state index in [9.17, 15) is 4.79 Å². The van der Waals surface area contributed by atoms with Crippen molar-refractivity contribution in [1.82, 2.24) is 14.7 Å². The fourth-order valence-corrected chi connectivity index (χ4v) is 3.54. The largest absolute Gasteiger partial charge is 0.366 e. The molecule has 0 unspecified atom stereocenters. The molecule has 0 aromatic heterocycles. The molecule has 0 spiro atoms. The fraction of sp³-hybridized carbons (Fsp3) is 0.929. The number of nitrogens with zero attached hydrogens (tertiary/aromatic N) is 3. The molecule has 5 heteroatoms. The van der Waals surface area contributed by atoms with E-state index in [1.54, 1.807) is 0 Å². The first-order chi connectivity index (χ1) is 9.24. The maximum atomic E-state index is 12.6. The van der Waals surface area contributed by atoms with Crippen LogP contribution in [0.4, 0.5) is 0 Å². The second-order valence-electron chi connectivity index (χ2n) is 6.09. The Morgan fingerprint density at radius 3 is 2.79 bits per heavy atom. The molecule has 0 bridgehead atoms. The van der Waals surface area contributed by atoms with Crippen LogP contribution in [-0.4, -0.2) is 85.7 Å². The highest BCUT2D eigenvalue weighted by Crippen LogP contribution is 2.22. The predicted octanol–water partition coefficient (Wildman–Crippen LogP) is 0.0137. The van der Waals surface area contributed by atoms with Crippen LogP contribution in [0, 0.1) is 0 Å². The number of morpholine rings is 1. The molecule has 2 atom stereocenters. The normalized spacial score (nSPS) is 34.1. The maximum absolute atomic E-state index is 12.6. The van der Waals surface area contributed by atoms with Crippen LogP contribution in [0.2, 0.25) is 0 Å². The molecule has 19 heavy (non-hydrogen) atoms. The van der Waals surface area contributed by atoms with E-state index in [0.29, 0.717) is 12.6 Å². The van der Waals surface area contributed by atoms with Gasteiger partial charge in [0.1, 0.15) is 6.10 Å². The minimum atomic E-state index is -0.244. The molecule has 3 rings (SSSR count). The highest BCUT2D eigenvalue weighted by molar-refractivity contribution is 5.81. The lowest BCUT2D eigenvalue weighted by Gasteiger charge is -2.33. The van der Waals surface area contributed by atoms with Gasteiger partial charge in [-0.1, -0.05) is 0 Å². The van der Waals surface area contributed by atoms with Gasteiger partial charge in [0, 0.05) is 38.8 Å². The second-order valence-corrected chi connectivity index (χ2v) is 6.09. The number of hydrogen-bond donors (Lipinski definition) is 0. The van der Waals surface area contributed by atoms with Crippen molar-refractivity contribution in [3.05, 3.63) is 0 Å². The minimum Gasteiger partial charge on any atom is -0.366 e. The van der Waals surface area contributed by atoms with Gasteiger partial charge in [-0.05, 0) is 32.9 Å². The predicted molar refractivity (Wildman–Crippen MR) is 73.0 cm³/mol. The summed E-state index contributed by atoms with van der Waals surface area (Å²) in [6.07, 6.45) is 3.39. The van der Waals surface area contributed by atoms with Crippen LogP contribution in [0.15, 0.2) is 0 Å². The van der Waals surface area contributed by atoms with Crippen molar-refractivity contribution in [2.24, 2.45) is 0 Å². The maximum Gasteiger partial charge on any atom is 0.253 e. The average molecular weight is 267 g/mol. The Morgan fingerprint density at radius 1 is 1.11 bits per heavy atom. The van der Waals surface area contributed by atoms with Crippen molar-refractivity contribution >= 4 is 5.91 Å². The van der Waals surface area contributed by atoms with Gasteiger partial charge in [0.25, 0.3) is 5.91 Å². The zero-order valence-electron chi connectivity index (χ0n) is 11.9. The molecule has 108 valence electrons. The summed E-state index contributed by atoms with van der Waals surface area (Å²) in [5.74, 6) is 0.209. The van der Waals surface area contributed by atoms with E-state index in [4.69, 9.17) is 4.74 Å². The number of likely N-dealkylation sites (N-methyl/N-ethyl adjacent to an activating group) is 1. The zero-order chi connectivity index (χ0) is 13.2. The van der Waals surface area contributed by atoms with Crippen molar-refractivity contribution in [3.8, 4) is 0 Å². The van der Waals surface area contributed by atoms with Gasteiger partial charge in [-0.2, -0.15) is 0 Å². The molecule has 3 aliphatic rings. The highest BCUT2D eigenvalue weighted by atomic mass is 16.5. The van der Waals surface area contributed by atoms with Crippen LogP contribution < -0.4 is 0 Å². The van der Waals surface area contributed by atoms with Gasteiger partial charge in [0.15, 0.2) is 0 Å². The van der Waals surface area contributed by atoms with E-state index in [0.717, 1.165) is 39.1 Å². The average Bonchev–Trinajstić information content (AvgIpc) is 2.75. The van der Waals surface area contributed by atoms with Gasteiger partial charge >= 0.3 is 0 Å². The Balaban J connectivity index is 1.62. The Hall–Kier alpha value is -0.650. The number of fused-ring (bicyclic) bond motifs is 1. The molecule has 0 N–H and O–H groups in total. The Labute approximate surface area is 115 Å². The van der Waals surface area contributed by atoms with Gasteiger partial charge < -0.3 is 14.5 Å². The molecule has 1 amide bonds. The lowest BCUT2D eigenvalue weighted by molar-refractivity contribution is -0.149. The molecule has 0 aliphatic carbocycles. The first-order valence-corrected chi connectivity index (χ1v) is 7.57. The third-order valence-corrected chi connectivity index (χ3v) is 4.66. The van der Waals surface area contributed by atoms with Crippen molar-refractivity contribution < 1.29 is 9.53 Å². The van der Waals surface area contributed by atoms with Crippen LogP contribution in [0.3, 0.4) is 0 Å². The third-order valence-electron chi connectivity index (χ3n) is 4.66. The summed E-state index contributed by atoms with van der Waals surface area (Å²) in [6.45, 7) is 6.52. The minimum absolute atomic E-state index is 0.209. The molecular formula is C14H25N3O2. The van der Waals surface area contributed by atoms with Crippen LogP contribution >= 0.6 is 0 Å². The molecule has 0 aromatic carbocycles. The number of ether oxygens (including phenoxy) is 1. The molecular weight excluding hydrogens is 242 g/mol. The van der Waals surface area contributed by atoms with Crippen molar-refractivity contribution in [2.45, 2.75) is 31.4 Å². The summed E-state index contributed by atoms with van der Waals surface area (Å²) in [7, 11) is 2.06. The number of rotatable bonds is 1. The fourth-order valence-electron chi connectivity index (χ4n) is 3.54. The summed E-state index contributed by atoms with van der Waals surface area (Å²) in [5, 5.41) is 0. The summed E-state index contributed by atoms with van der Waals surface area (Å²) in [4.78, 5) is 19.4. The van der Waals surface area contributed by atoms with E-state index in [-0.39, 0.29) is 12.0 Å². The third kappa shape index (κ3) is 2.93. The first-order valence-electron chi connectivity index (χ1n) is 7.57. The molecule has 3 aliphatic heterocycles. The van der Waals surface area contributed by atoms with E-state index in [2.05, 4.69) is 21.7 Å². The van der Waals surface area contributed by atoms with Crippen molar-refractivity contribution in [3.63, 3.8) is 0 Å². The SMILES string of the molecule is CN1CCO[C@H](C(=O)N2CCCN3CCC[C@H]3C2)C1. The quantitative estimate of drug-likeness (QED) is 0.671. The van der Waals surface area contributed by atoms with Crippen LogP contribution in [0.25, 0.3) is 0 Å². The van der Waals surface area contributed by atoms with E-state index in [1.165, 1.54) is 19.4 Å². The smallest absolute Gasteiger partial charge is 0.253 e. The molecule has 0 saturated carbocycles. The van der Waals surface area contributed by atoms with Gasteiger partial charge in [-0.15, -0.1) is 0 Å². The number of hydrogen-bond acceptors (Lipinski definition) is 4. The summed E-state index contributed by atoms with van der Waals surface area (Å²) < 4.78 is 5.67. The number of carbonyl (C=O) groups excluding carboxylic acids is 1. The number of carbonyl (C=O) groups is 1. The Kier molecular flexibility index (Phi) is 4.05. The zero-order valence-corrected chi connectivity index (χ0v) is 11.9. The van der Waals surface area contributed by atoms with Crippen LogP contribution in [0.5, 0.6) is 0 Å². The molecule has 3 heterocycles. The molecule has 0 aromatic rings. The van der Waals surface area contributed by atoms with Crippen LogP contribution in [-0.2, 0) is 9.53 Å². The van der Waals surface area contributed by atoms with Gasteiger partial charge in [0.05, 0.1) is 6.61 Å². The summed E-state index contributed by atoms with van der Waals surface area (Å²) in [5.41, 5.74) is 0. The monoisotopic (exact) mass is 267 g/mol. The van der Waals surface area contributed by atoms with Crippen molar-refractivity contribution in [1.29, 1.82) is 0 Å². The molecule has 5 nitrogen and oxygen atoms in total. The standard InChI is InChI=1S/C14H25N3O2/c1-15-8-9-19-13(11-15)14(18)17-7-3-6-16-5-2-4-12(16)10-17/h12-13H,2-11H2,1H3/t12-,13-/m0/s1. The topological polar surface area (TPSA) is 36.0 Å². The summed E-state index contributed by atoms with van der Waals surface area (Å²) >= 11 is 0. The van der Waals surface area contributed by atoms with Gasteiger partial charge in [0.2, 0.25) is 0 Å². The first kappa shape index (κ1) is 13.3.